The first kappa shape index (κ1) is 30.9. The molecule has 3 aromatic carbocycles. The van der Waals surface area contributed by atoms with Crippen molar-refractivity contribution in [2.45, 2.75) is 44.5 Å². The van der Waals surface area contributed by atoms with E-state index >= 15 is 0 Å². The summed E-state index contributed by atoms with van der Waals surface area (Å²) < 4.78 is 5.00. The fraction of sp³-hybridized carbons (Fsp3) is 0.324. The molecular weight excluding hydrogens is 592 g/mol. The number of rotatable bonds is 9. The Morgan fingerprint density at radius 1 is 1.13 bits per heavy atom. The van der Waals surface area contributed by atoms with Crippen LogP contribution in [0.15, 0.2) is 78.9 Å². The second kappa shape index (κ2) is 12.4. The van der Waals surface area contributed by atoms with E-state index in [0.717, 1.165) is 11.1 Å². The molecule has 0 saturated carbocycles. The Hall–Kier alpha value is -5.07. The van der Waals surface area contributed by atoms with E-state index in [9.17, 15) is 34.7 Å². The summed E-state index contributed by atoms with van der Waals surface area (Å²) in [4.78, 5) is 54.8. The van der Waals surface area contributed by atoms with E-state index < -0.39 is 28.4 Å². The van der Waals surface area contributed by atoms with Crippen molar-refractivity contribution in [3.63, 3.8) is 0 Å². The number of nitro groups is 1. The van der Waals surface area contributed by atoms with Crippen LogP contribution in [0.2, 0.25) is 0 Å². The number of aliphatic hydroxyl groups is 2. The third-order valence-corrected chi connectivity index (χ3v) is 9.08. The molecule has 0 aromatic heterocycles. The maximum absolute atomic E-state index is 14.0. The molecule has 0 spiro atoms. The zero-order chi connectivity index (χ0) is 32.6. The molecule has 12 heteroatoms. The van der Waals surface area contributed by atoms with Gasteiger partial charge < -0.3 is 24.7 Å². The number of non-ortho nitro benzene ring substituents is 1. The lowest BCUT2D eigenvalue weighted by molar-refractivity contribution is -0.385. The molecule has 2 N–H and O–H groups in total. The molecule has 6 rings (SSSR count). The summed E-state index contributed by atoms with van der Waals surface area (Å²) in [6.45, 7) is 2.65. The zero-order valence-electron chi connectivity index (χ0n) is 25.2. The number of carbonyl (C=O) groups is 3. The number of aliphatic hydroxyl groups excluding tert-OH is 1. The number of benzene rings is 3. The minimum atomic E-state index is -2.13. The third kappa shape index (κ3) is 5.50. The predicted octanol–water partition coefficient (Wildman–Crippen LogP) is 3.81. The monoisotopic (exact) mass is 626 g/mol. The summed E-state index contributed by atoms with van der Waals surface area (Å²) in [5, 5.41) is 33.6. The summed E-state index contributed by atoms with van der Waals surface area (Å²) in [5.41, 5.74) is 1.56. The Balaban J connectivity index is 1.22. The topological polar surface area (TPSA) is 154 Å². The van der Waals surface area contributed by atoms with E-state index in [4.69, 9.17) is 4.74 Å². The molecule has 3 atom stereocenters. The minimum absolute atomic E-state index is 0.0182. The summed E-state index contributed by atoms with van der Waals surface area (Å²) in [6, 6.07) is 18.4. The highest BCUT2D eigenvalue weighted by Gasteiger charge is 2.53. The van der Waals surface area contributed by atoms with E-state index in [1.54, 1.807) is 48.2 Å². The van der Waals surface area contributed by atoms with Gasteiger partial charge in [0.15, 0.2) is 5.60 Å². The van der Waals surface area contributed by atoms with Crippen molar-refractivity contribution in [3.8, 4) is 0 Å². The number of cyclic esters (lactones) is 1. The Bertz CT molecular complexity index is 1720. The number of hydrogen-bond donors (Lipinski definition) is 2. The van der Waals surface area contributed by atoms with E-state index in [-0.39, 0.29) is 42.8 Å². The molecule has 3 heterocycles. The fourth-order valence-corrected chi connectivity index (χ4v) is 6.47. The number of anilines is 2. The van der Waals surface area contributed by atoms with Crippen molar-refractivity contribution in [2.75, 3.05) is 29.6 Å². The van der Waals surface area contributed by atoms with Gasteiger partial charge in [0.25, 0.3) is 11.6 Å². The second-order valence-electron chi connectivity index (χ2n) is 11.8. The van der Waals surface area contributed by atoms with Gasteiger partial charge in [-0.2, -0.15) is 0 Å². The molecule has 0 radical (unpaired) electrons. The van der Waals surface area contributed by atoms with Crippen LogP contribution in [0.25, 0.3) is 0 Å². The van der Waals surface area contributed by atoms with Gasteiger partial charge in [0.2, 0.25) is 5.91 Å². The van der Waals surface area contributed by atoms with Crippen molar-refractivity contribution >= 4 is 35.0 Å². The highest BCUT2D eigenvalue weighted by Crippen LogP contribution is 2.47. The second-order valence-corrected chi connectivity index (χ2v) is 11.8. The lowest BCUT2D eigenvalue weighted by Gasteiger charge is -2.36. The summed E-state index contributed by atoms with van der Waals surface area (Å²) >= 11 is 0. The maximum Gasteiger partial charge on any atom is 0.414 e. The number of amides is 3. The van der Waals surface area contributed by atoms with Crippen LogP contribution >= 0.6 is 0 Å². The molecule has 3 aliphatic rings. The van der Waals surface area contributed by atoms with Crippen LogP contribution in [0.4, 0.5) is 21.9 Å². The van der Waals surface area contributed by atoms with Crippen LogP contribution in [0.1, 0.15) is 35.6 Å². The number of carbonyl (C=O) groups excluding carboxylic acids is 3. The normalized spacial score (nSPS) is 21.4. The Labute approximate surface area is 265 Å². The van der Waals surface area contributed by atoms with E-state index in [1.807, 2.05) is 24.3 Å². The highest BCUT2D eigenvalue weighted by molar-refractivity contribution is 6.07. The van der Waals surface area contributed by atoms with Crippen molar-refractivity contribution < 1.29 is 34.3 Å². The number of fused-ring (bicyclic) bond motifs is 2. The van der Waals surface area contributed by atoms with Gasteiger partial charge in [0, 0.05) is 42.3 Å². The summed E-state index contributed by atoms with van der Waals surface area (Å²) in [5.74, 6) is -1.70. The molecule has 0 aliphatic carbocycles. The number of hydrogen-bond acceptors (Lipinski definition) is 8. The van der Waals surface area contributed by atoms with Crippen LogP contribution in [0.3, 0.4) is 0 Å². The van der Waals surface area contributed by atoms with E-state index in [0.29, 0.717) is 43.1 Å². The molecule has 0 unspecified atom stereocenters. The van der Waals surface area contributed by atoms with Crippen LogP contribution in [0.5, 0.6) is 0 Å². The van der Waals surface area contributed by atoms with Gasteiger partial charge in [-0.15, -0.1) is 0 Å². The molecule has 1 saturated heterocycles. The van der Waals surface area contributed by atoms with Gasteiger partial charge in [-0.1, -0.05) is 55.5 Å². The van der Waals surface area contributed by atoms with Gasteiger partial charge in [-0.3, -0.25) is 24.6 Å². The van der Waals surface area contributed by atoms with Gasteiger partial charge in [0.05, 0.1) is 36.3 Å². The van der Waals surface area contributed by atoms with Crippen molar-refractivity contribution in [1.29, 1.82) is 0 Å². The summed E-state index contributed by atoms with van der Waals surface area (Å²) in [7, 11) is 0. The van der Waals surface area contributed by atoms with Crippen LogP contribution in [-0.2, 0) is 39.4 Å². The first-order valence-electron chi connectivity index (χ1n) is 15.1. The first-order chi connectivity index (χ1) is 22.1. The zero-order valence-corrected chi connectivity index (χ0v) is 25.2. The lowest BCUT2D eigenvalue weighted by atomic mass is 9.82. The van der Waals surface area contributed by atoms with Gasteiger partial charge in [0.1, 0.15) is 6.61 Å². The van der Waals surface area contributed by atoms with Crippen LogP contribution in [0, 0.1) is 16.0 Å². The van der Waals surface area contributed by atoms with Crippen molar-refractivity contribution in [2.24, 2.45) is 5.92 Å². The smallest absolute Gasteiger partial charge is 0.414 e. The average Bonchev–Trinajstić information content (AvgIpc) is 3.59. The van der Waals surface area contributed by atoms with Crippen LogP contribution < -0.4 is 9.80 Å². The summed E-state index contributed by atoms with van der Waals surface area (Å²) in [6.07, 6.45) is 3.27. The Morgan fingerprint density at radius 2 is 1.87 bits per heavy atom. The maximum atomic E-state index is 14.0. The van der Waals surface area contributed by atoms with Crippen molar-refractivity contribution in [3.05, 3.63) is 111 Å². The molecule has 0 bridgehead atoms. The molecule has 1 fully saturated rings. The van der Waals surface area contributed by atoms with Gasteiger partial charge in [-0.25, -0.2) is 4.79 Å². The van der Waals surface area contributed by atoms with Gasteiger partial charge >= 0.3 is 6.09 Å². The number of nitro benzene ring substituents is 1. The SMILES string of the molecule is C[C@H](/C=C/CC(=O)N1Cc2ccccc2C[C@H]1CO)[C@@]1(O)C(=O)N(Cc2ccc(N3CCOC3=O)cc2)c2ccc([N+](=O)[O-])cc21. The van der Waals surface area contributed by atoms with Crippen LogP contribution in [-0.4, -0.2) is 63.7 Å². The largest absolute Gasteiger partial charge is 0.447 e. The fourth-order valence-electron chi connectivity index (χ4n) is 6.47. The molecule has 3 aliphatic heterocycles. The average molecular weight is 627 g/mol. The quantitative estimate of drug-likeness (QED) is 0.207. The van der Waals surface area contributed by atoms with E-state index in [2.05, 4.69) is 0 Å². The predicted molar refractivity (Wildman–Crippen MR) is 168 cm³/mol. The third-order valence-electron chi connectivity index (χ3n) is 9.08. The standard InChI is InChI=1S/C34H34N4O8/c1-22(5-4-8-31(40)36-20-25-7-3-2-6-24(25)17-28(36)21-39)34(43)29-18-27(38(44)45)13-14-30(29)37(32(34)41)19-23-9-11-26(12-10-23)35-15-16-46-33(35)42/h2-7,9-14,18,22,28,39,43H,8,15-17,19-21H2,1H3/b5-4+/t22-,28+,34+/m1/s1. The Kier molecular flexibility index (Phi) is 8.32. The molecule has 3 aromatic rings. The molecular formula is C34H34N4O8. The van der Waals surface area contributed by atoms with Gasteiger partial charge in [-0.05, 0) is 41.3 Å². The molecule has 46 heavy (non-hydrogen) atoms. The number of ether oxygens (including phenoxy) is 1. The molecule has 12 nitrogen and oxygen atoms in total. The van der Waals surface area contributed by atoms with E-state index in [1.165, 1.54) is 28.0 Å². The molecule has 3 amide bonds. The lowest BCUT2D eigenvalue weighted by Crippen LogP contribution is -2.46. The van der Waals surface area contributed by atoms with Crippen molar-refractivity contribution in [1.82, 2.24) is 4.90 Å². The minimum Gasteiger partial charge on any atom is -0.447 e. The first-order valence-corrected chi connectivity index (χ1v) is 15.1. The molecule has 238 valence electrons. The Morgan fingerprint density at radius 3 is 2.54 bits per heavy atom. The number of nitrogens with zero attached hydrogens (tertiary/aromatic N) is 4. The highest BCUT2D eigenvalue weighted by atomic mass is 16.6.